The van der Waals surface area contributed by atoms with Gasteiger partial charge in [0.05, 0.1) is 17.7 Å². The van der Waals surface area contributed by atoms with Gasteiger partial charge in [0.1, 0.15) is 5.76 Å². The van der Waals surface area contributed by atoms with Crippen LogP contribution in [0.5, 0.6) is 0 Å². The van der Waals surface area contributed by atoms with Crippen LogP contribution in [0.3, 0.4) is 0 Å². The van der Waals surface area contributed by atoms with Crippen LogP contribution in [-0.4, -0.2) is 24.3 Å². The second-order valence-electron chi connectivity index (χ2n) is 4.32. The van der Waals surface area contributed by atoms with Crippen LogP contribution in [0, 0.1) is 0 Å². The lowest BCUT2D eigenvalue weighted by Gasteiger charge is -2.14. The van der Waals surface area contributed by atoms with E-state index in [-0.39, 0.29) is 5.78 Å². The molecule has 2 rings (SSSR count). The Morgan fingerprint density at radius 2 is 2.28 bits per heavy atom. The van der Waals surface area contributed by atoms with Gasteiger partial charge in [-0.25, -0.2) is 0 Å². The fraction of sp³-hybridized carbons (Fsp3) is 0.357. The largest absolute Gasteiger partial charge is 0.468 e. The van der Waals surface area contributed by atoms with Gasteiger partial charge >= 0.3 is 0 Å². The minimum absolute atomic E-state index is 0.247. The molecule has 2 heterocycles. The topological polar surface area (TPSA) is 33.5 Å². The third kappa shape index (κ3) is 3.82. The minimum Gasteiger partial charge on any atom is -0.468 e. The number of thiophene rings is 1. The van der Waals surface area contributed by atoms with Crippen molar-refractivity contribution in [3.05, 3.63) is 46.5 Å². The maximum Gasteiger partial charge on any atom is 0.172 e. The normalized spacial score (nSPS) is 11.0. The van der Waals surface area contributed by atoms with Crippen LogP contribution in [0.25, 0.3) is 0 Å². The van der Waals surface area contributed by atoms with Crippen molar-refractivity contribution in [1.82, 2.24) is 4.90 Å². The van der Waals surface area contributed by atoms with E-state index in [2.05, 4.69) is 4.90 Å². The number of hydrogen-bond acceptors (Lipinski definition) is 4. The Kier molecular flexibility index (Phi) is 4.73. The van der Waals surface area contributed by atoms with Crippen molar-refractivity contribution in [2.75, 3.05) is 13.6 Å². The highest BCUT2D eigenvalue weighted by Gasteiger charge is 2.08. The molecule has 0 bridgehead atoms. The van der Waals surface area contributed by atoms with E-state index in [4.69, 9.17) is 4.42 Å². The number of ketones is 1. The Hall–Kier alpha value is -1.39. The zero-order valence-electron chi connectivity index (χ0n) is 10.5. The van der Waals surface area contributed by atoms with Crippen molar-refractivity contribution >= 4 is 17.1 Å². The van der Waals surface area contributed by atoms with Gasteiger partial charge in [-0.1, -0.05) is 6.07 Å². The highest BCUT2D eigenvalue weighted by atomic mass is 32.1. The molecule has 0 aliphatic rings. The van der Waals surface area contributed by atoms with E-state index >= 15 is 0 Å². The summed E-state index contributed by atoms with van der Waals surface area (Å²) < 4.78 is 5.28. The van der Waals surface area contributed by atoms with Gasteiger partial charge in [0.25, 0.3) is 0 Å². The van der Waals surface area contributed by atoms with Crippen molar-refractivity contribution in [1.29, 1.82) is 0 Å². The van der Waals surface area contributed by atoms with Crippen molar-refractivity contribution in [3.8, 4) is 0 Å². The third-order valence-electron chi connectivity index (χ3n) is 2.75. The predicted octanol–water partition coefficient (Wildman–Crippen LogP) is 3.44. The summed E-state index contributed by atoms with van der Waals surface area (Å²) in [5.74, 6) is 1.21. The Morgan fingerprint density at radius 3 is 2.94 bits per heavy atom. The van der Waals surface area contributed by atoms with Crippen LogP contribution in [0.2, 0.25) is 0 Å². The fourth-order valence-corrected chi connectivity index (χ4v) is 2.51. The lowest BCUT2D eigenvalue weighted by molar-refractivity contribution is 0.0979. The van der Waals surface area contributed by atoms with Crippen molar-refractivity contribution in [3.63, 3.8) is 0 Å². The summed E-state index contributed by atoms with van der Waals surface area (Å²) in [5.41, 5.74) is 0. The monoisotopic (exact) mass is 263 g/mol. The van der Waals surface area contributed by atoms with E-state index in [1.165, 1.54) is 11.3 Å². The standard InChI is InChI=1S/C14H17NO2S/c1-15(11-12-5-3-9-17-12)8-2-6-13(16)14-7-4-10-18-14/h3-5,7,9-10H,2,6,8,11H2,1H3. The van der Waals surface area contributed by atoms with Gasteiger partial charge in [0.2, 0.25) is 0 Å². The zero-order chi connectivity index (χ0) is 12.8. The number of hydrogen-bond donors (Lipinski definition) is 0. The molecule has 0 aliphatic carbocycles. The number of rotatable bonds is 7. The summed E-state index contributed by atoms with van der Waals surface area (Å²) in [6, 6.07) is 7.66. The van der Waals surface area contributed by atoms with Gasteiger partial charge in [-0.15, -0.1) is 11.3 Å². The molecule has 0 saturated carbocycles. The maximum atomic E-state index is 11.8. The molecule has 0 atom stereocenters. The van der Waals surface area contributed by atoms with E-state index in [0.29, 0.717) is 6.42 Å². The van der Waals surface area contributed by atoms with E-state index in [1.807, 2.05) is 36.7 Å². The summed E-state index contributed by atoms with van der Waals surface area (Å²) in [5, 5.41) is 1.94. The first-order chi connectivity index (χ1) is 8.75. The van der Waals surface area contributed by atoms with Crippen LogP contribution in [-0.2, 0) is 6.54 Å². The molecule has 2 aromatic rings. The second-order valence-corrected chi connectivity index (χ2v) is 5.27. The molecule has 0 spiro atoms. The summed E-state index contributed by atoms with van der Waals surface area (Å²) in [4.78, 5) is 14.8. The van der Waals surface area contributed by atoms with Gasteiger partial charge < -0.3 is 4.42 Å². The summed E-state index contributed by atoms with van der Waals surface area (Å²) >= 11 is 1.52. The molecule has 0 amide bonds. The highest BCUT2D eigenvalue weighted by Crippen LogP contribution is 2.12. The Bertz CT molecular complexity index is 462. The minimum atomic E-state index is 0.247. The van der Waals surface area contributed by atoms with E-state index in [0.717, 1.165) is 30.1 Å². The lowest BCUT2D eigenvalue weighted by Crippen LogP contribution is -2.19. The number of Topliss-reactive ketones (excluding diaryl/α,β-unsaturated/α-hetero) is 1. The Labute approximate surface area is 111 Å². The van der Waals surface area contributed by atoms with Crippen LogP contribution >= 0.6 is 11.3 Å². The molecular formula is C14H17NO2S. The molecule has 18 heavy (non-hydrogen) atoms. The molecule has 0 N–H and O–H groups in total. The third-order valence-corrected chi connectivity index (χ3v) is 3.66. The summed E-state index contributed by atoms with van der Waals surface area (Å²) in [7, 11) is 2.04. The molecule has 0 saturated heterocycles. The fourth-order valence-electron chi connectivity index (χ4n) is 1.82. The molecule has 0 aromatic carbocycles. The molecule has 96 valence electrons. The molecule has 0 radical (unpaired) electrons. The number of carbonyl (C=O) groups is 1. The SMILES string of the molecule is CN(CCCC(=O)c1cccs1)Cc1ccco1. The Morgan fingerprint density at radius 1 is 1.39 bits per heavy atom. The Balaban J connectivity index is 1.67. The average Bonchev–Trinajstić information content (AvgIpc) is 3.00. The van der Waals surface area contributed by atoms with Gasteiger partial charge in [0, 0.05) is 6.42 Å². The highest BCUT2D eigenvalue weighted by molar-refractivity contribution is 7.12. The van der Waals surface area contributed by atoms with E-state index in [9.17, 15) is 4.79 Å². The molecule has 4 heteroatoms. The summed E-state index contributed by atoms with van der Waals surface area (Å²) in [6.45, 7) is 1.69. The second kappa shape index (κ2) is 6.52. The predicted molar refractivity (Wildman–Crippen MR) is 72.9 cm³/mol. The number of carbonyl (C=O) groups excluding carboxylic acids is 1. The van der Waals surface area contributed by atoms with Crippen LogP contribution in [0.4, 0.5) is 0 Å². The van der Waals surface area contributed by atoms with Gasteiger partial charge in [-0.3, -0.25) is 9.69 Å². The van der Waals surface area contributed by atoms with Crippen LogP contribution in [0.1, 0.15) is 28.3 Å². The number of nitrogens with zero attached hydrogens (tertiary/aromatic N) is 1. The molecule has 0 aliphatic heterocycles. The summed E-state index contributed by atoms with van der Waals surface area (Å²) in [6.07, 6.45) is 3.18. The lowest BCUT2D eigenvalue weighted by atomic mass is 10.2. The van der Waals surface area contributed by atoms with Crippen LogP contribution in [0.15, 0.2) is 40.3 Å². The molecule has 0 unspecified atom stereocenters. The van der Waals surface area contributed by atoms with E-state index < -0.39 is 0 Å². The average molecular weight is 263 g/mol. The molecule has 0 fully saturated rings. The van der Waals surface area contributed by atoms with E-state index in [1.54, 1.807) is 6.26 Å². The zero-order valence-corrected chi connectivity index (χ0v) is 11.3. The van der Waals surface area contributed by atoms with Crippen LogP contribution < -0.4 is 0 Å². The molecular weight excluding hydrogens is 246 g/mol. The van der Waals surface area contributed by atoms with Crippen molar-refractivity contribution < 1.29 is 9.21 Å². The van der Waals surface area contributed by atoms with Crippen molar-refractivity contribution in [2.24, 2.45) is 0 Å². The first-order valence-corrected chi connectivity index (χ1v) is 6.91. The van der Waals surface area contributed by atoms with Gasteiger partial charge in [-0.05, 0) is 43.6 Å². The van der Waals surface area contributed by atoms with Gasteiger partial charge in [-0.2, -0.15) is 0 Å². The smallest absolute Gasteiger partial charge is 0.172 e. The van der Waals surface area contributed by atoms with Crippen molar-refractivity contribution in [2.45, 2.75) is 19.4 Å². The van der Waals surface area contributed by atoms with Gasteiger partial charge in [0.15, 0.2) is 5.78 Å². The first kappa shape index (κ1) is 13.1. The molecule has 2 aromatic heterocycles. The number of furan rings is 1. The maximum absolute atomic E-state index is 11.8. The molecule has 3 nitrogen and oxygen atoms in total. The quantitative estimate of drug-likeness (QED) is 0.717. The first-order valence-electron chi connectivity index (χ1n) is 6.03.